The van der Waals surface area contributed by atoms with E-state index >= 15 is 0 Å². The number of unbranched alkanes of at least 4 members (excludes halogenated alkanes) is 2. The molecule has 3 rings (SSSR count). The summed E-state index contributed by atoms with van der Waals surface area (Å²) in [6, 6.07) is 11.9. The van der Waals surface area contributed by atoms with Crippen LogP contribution in [0.3, 0.4) is 0 Å². The molecule has 178 valence electrons. The average molecular weight is 510 g/mol. The van der Waals surface area contributed by atoms with Crippen molar-refractivity contribution < 1.29 is 0 Å². The number of hydrogen-bond acceptors (Lipinski definition) is 4. The smallest absolute Gasteiger partial charge is 0.185 e. The van der Waals surface area contributed by atoms with Gasteiger partial charge < -0.3 is 16.8 Å². The third-order valence-corrected chi connectivity index (χ3v) is 5.30. The van der Waals surface area contributed by atoms with E-state index in [1.54, 1.807) is 0 Å². The summed E-state index contributed by atoms with van der Waals surface area (Å²) in [5.74, 6) is 1.67. The van der Waals surface area contributed by atoms with Gasteiger partial charge in [-0.25, -0.2) is 9.97 Å². The summed E-state index contributed by atoms with van der Waals surface area (Å²) >= 11 is 5.97. The molecular weight excluding hydrogens is 479 g/mol. The number of guanidine groups is 1. The molecule has 0 saturated heterocycles. The van der Waals surface area contributed by atoms with Gasteiger partial charge in [-0.1, -0.05) is 29.8 Å². The highest BCUT2D eigenvalue weighted by Gasteiger charge is 2.08. The van der Waals surface area contributed by atoms with Crippen LogP contribution in [0, 0.1) is 13.8 Å². The number of rotatable bonds is 9. The van der Waals surface area contributed by atoms with Crippen molar-refractivity contribution in [3.8, 4) is 0 Å². The second kappa shape index (κ2) is 13.9. The van der Waals surface area contributed by atoms with Crippen LogP contribution < -0.4 is 16.8 Å². The molecule has 0 radical (unpaired) electrons. The van der Waals surface area contributed by atoms with Crippen LogP contribution in [0.4, 0.5) is 5.82 Å². The monoisotopic (exact) mass is 508 g/mol. The minimum Gasteiger partial charge on any atom is -0.370 e. The molecule has 6 nitrogen and oxygen atoms in total. The number of aliphatic imine (C=N–C) groups is 1. The predicted octanol–water partition coefficient (Wildman–Crippen LogP) is 5.77. The van der Waals surface area contributed by atoms with Crippen LogP contribution in [0.15, 0.2) is 41.4 Å². The lowest BCUT2D eigenvalue weighted by Crippen LogP contribution is -2.22. The summed E-state index contributed by atoms with van der Waals surface area (Å²) < 4.78 is 0. The first-order valence-corrected chi connectivity index (χ1v) is 10.8. The van der Waals surface area contributed by atoms with Gasteiger partial charge in [0, 0.05) is 23.5 Å². The van der Waals surface area contributed by atoms with E-state index in [4.69, 9.17) is 33.0 Å². The van der Waals surface area contributed by atoms with Crippen LogP contribution >= 0.6 is 36.4 Å². The molecule has 33 heavy (non-hydrogen) atoms. The van der Waals surface area contributed by atoms with Gasteiger partial charge in [-0.3, -0.25) is 4.99 Å². The molecule has 0 spiro atoms. The Balaban J connectivity index is 0.00000272. The number of nitrogens with two attached hydrogens (primary N) is 2. The number of nitrogens with zero attached hydrogens (tertiary/aromatic N) is 3. The Labute approximate surface area is 212 Å². The van der Waals surface area contributed by atoms with Crippen molar-refractivity contribution in [2.24, 2.45) is 16.5 Å². The number of hydrogen-bond donors (Lipinski definition) is 3. The second-order valence-corrected chi connectivity index (χ2v) is 8.00. The van der Waals surface area contributed by atoms with Crippen molar-refractivity contribution >= 4 is 71.2 Å². The van der Waals surface area contributed by atoms with Gasteiger partial charge >= 0.3 is 0 Å². The number of anilines is 1. The zero-order chi connectivity index (χ0) is 22.2. The van der Waals surface area contributed by atoms with Crippen LogP contribution in [0.2, 0.25) is 5.02 Å². The Bertz CT molecular complexity index is 1090. The zero-order valence-electron chi connectivity index (χ0n) is 18.8. The molecule has 0 amide bonds. The van der Waals surface area contributed by atoms with Crippen molar-refractivity contribution in [1.29, 1.82) is 0 Å². The summed E-state index contributed by atoms with van der Waals surface area (Å²) in [6.45, 7) is 5.69. The third-order valence-electron chi connectivity index (χ3n) is 5.05. The van der Waals surface area contributed by atoms with Crippen molar-refractivity contribution in [2.45, 2.75) is 33.1 Å². The van der Waals surface area contributed by atoms with Gasteiger partial charge in [-0.2, -0.15) is 0 Å². The van der Waals surface area contributed by atoms with Crippen LogP contribution in [0.25, 0.3) is 23.1 Å². The predicted molar refractivity (Wildman–Crippen MR) is 147 cm³/mol. The zero-order valence-corrected chi connectivity index (χ0v) is 21.2. The molecule has 0 aliphatic carbocycles. The fourth-order valence-electron chi connectivity index (χ4n) is 3.19. The Morgan fingerprint density at radius 1 is 0.970 bits per heavy atom. The van der Waals surface area contributed by atoms with Gasteiger partial charge in [0.2, 0.25) is 0 Å². The van der Waals surface area contributed by atoms with Gasteiger partial charge in [0.15, 0.2) is 11.8 Å². The minimum atomic E-state index is 0. The van der Waals surface area contributed by atoms with Crippen LogP contribution in [0.1, 0.15) is 41.8 Å². The maximum atomic E-state index is 5.97. The normalized spacial score (nSPS) is 10.5. The number of fused-ring (bicyclic) bond motifs is 1. The quantitative estimate of drug-likeness (QED) is 0.193. The van der Waals surface area contributed by atoms with Crippen molar-refractivity contribution in [1.82, 2.24) is 9.97 Å². The molecular formula is C24H31Cl3N6. The lowest BCUT2D eigenvalue weighted by atomic mass is 10.1. The van der Waals surface area contributed by atoms with E-state index in [0.717, 1.165) is 53.1 Å². The average Bonchev–Trinajstić information content (AvgIpc) is 2.73. The topological polar surface area (TPSA) is 102 Å². The SMILES string of the molecule is Cc1cc2nc(/C=C/c3ccc(Cl)cc3)nc(NCCCCCN=C(N)N)c2cc1C.Cl.Cl. The first-order chi connectivity index (χ1) is 14.9. The molecule has 5 N–H and O–H groups in total. The molecule has 0 fully saturated rings. The summed E-state index contributed by atoms with van der Waals surface area (Å²) in [6.07, 6.45) is 6.92. The Morgan fingerprint density at radius 2 is 1.67 bits per heavy atom. The molecule has 0 unspecified atom stereocenters. The Kier molecular flexibility index (Phi) is 12.0. The van der Waals surface area contributed by atoms with Crippen molar-refractivity contribution in [2.75, 3.05) is 18.4 Å². The highest BCUT2D eigenvalue weighted by atomic mass is 35.5. The Hall–Kier alpha value is -2.54. The van der Waals surface area contributed by atoms with E-state index in [1.807, 2.05) is 36.4 Å². The highest BCUT2D eigenvalue weighted by Crippen LogP contribution is 2.25. The number of halogens is 3. The van der Waals surface area contributed by atoms with Gasteiger partial charge in [-0.15, -0.1) is 24.8 Å². The molecule has 1 heterocycles. The van der Waals surface area contributed by atoms with E-state index in [2.05, 4.69) is 36.3 Å². The van der Waals surface area contributed by atoms with Crippen LogP contribution in [-0.4, -0.2) is 29.0 Å². The highest BCUT2D eigenvalue weighted by molar-refractivity contribution is 6.30. The fourth-order valence-corrected chi connectivity index (χ4v) is 3.31. The molecule has 9 heteroatoms. The van der Waals surface area contributed by atoms with Crippen molar-refractivity contribution in [3.63, 3.8) is 0 Å². The molecule has 0 atom stereocenters. The van der Waals surface area contributed by atoms with Crippen LogP contribution in [0.5, 0.6) is 0 Å². The van der Waals surface area contributed by atoms with E-state index < -0.39 is 0 Å². The lowest BCUT2D eigenvalue weighted by Gasteiger charge is -2.11. The first-order valence-electron chi connectivity index (χ1n) is 10.4. The maximum absolute atomic E-state index is 5.97. The molecule has 0 bridgehead atoms. The Morgan fingerprint density at radius 3 is 2.36 bits per heavy atom. The first kappa shape index (κ1) is 28.5. The number of aryl methyl sites for hydroxylation is 2. The largest absolute Gasteiger partial charge is 0.370 e. The summed E-state index contributed by atoms with van der Waals surface area (Å²) in [4.78, 5) is 13.5. The summed E-state index contributed by atoms with van der Waals surface area (Å²) in [5, 5.41) is 5.24. The third kappa shape index (κ3) is 8.72. The molecule has 1 aromatic heterocycles. The standard InChI is InChI=1S/C24H29ClN6.2ClH/c1-16-14-20-21(15-17(16)2)30-22(11-8-18-6-9-19(25)10-7-18)31-23(20)28-12-4-3-5-13-29-24(26)27;;/h6-11,14-15H,3-5,12-13H2,1-2H3,(H4,26,27,29)(H,28,30,31);2*1H/b11-8+;;. The molecule has 0 aliphatic rings. The maximum Gasteiger partial charge on any atom is 0.185 e. The van der Waals surface area contributed by atoms with E-state index in [-0.39, 0.29) is 30.8 Å². The number of benzene rings is 2. The second-order valence-electron chi connectivity index (χ2n) is 7.56. The summed E-state index contributed by atoms with van der Waals surface area (Å²) in [7, 11) is 0. The van der Waals surface area contributed by atoms with E-state index in [9.17, 15) is 0 Å². The molecule has 3 aromatic rings. The molecule has 0 aliphatic heterocycles. The fraction of sp³-hybridized carbons (Fsp3) is 0.292. The van der Waals surface area contributed by atoms with Gasteiger partial charge in [-0.05, 0) is 80.1 Å². The molecule has 0 saturated carbocycles. The van der Waals surface area contributed by atoms with E-state index in [1.165, 1.54) is 11.1 Å². The molecule has 2 aromatic carbocycles. The lowest BCUT2D eigenvalue weighted by molar-refractivity contribution is 0.706. The minimum absolute atomic E-state index is 0. The number of aromatic nitrogens is 2. The van der Waals surface area contributed by atoms with Gasteiger partial charge in [0.25, 0.3) is 0 Å². The number of nitrogens with one attached hydrogen (secondary N) is 1. The van der Waals surface area contributed by atoms with Crippen LogP contribution in [-0.2, 0) is 0 Å². The van der Waals surface area contributed by atoms with Gasteiger partial charge in [0.05, 0.1) is 5.52 Å². The summed E-state index contributed by atoms with van der Waals surface area (Å²) in [5.41, 5.74) is 15.1. The van der Waals surface area contributed by atoms with Crippen molar-refractivity contribution in [3.05, 3.63) is 63.9 Å². The van der Waals surface area contributed by atoms with E-state index in [0.29, 0.717) is 12.4 Å². The van der Waals surface area contributed by atoms with Gasteiger partial charge in [0.1, 0.15) is 5.82 Å².